The summed E-state index contributed by atoms with van der Waals surface area (Å²) in [6, 6.07) is 5.07. The van der Waals surface area contributed by atoms with E-state index in [-0.39, 0.29) is 10.9 Å². The lowest BCUT2D eigenvalue weighted by atomic mass is 10.3. The lowest BCUT2D eigenvalue weighted by Crippen LogP contribution is -2.34. The Hall–Kier alpha value is -0.590. The third-order valence-electron chi connectivity index (χ3n) is 2.96. The zero-order valence-electron chi connectivity index (χ0n) is 10.3. The quantitative estimate of drug-likeness (QED) is 0.843. The van der Waals surface area contributed by atoms with Crippen molar-refractivity contribution in [3.8, 4) is 0 Å². The second-order valence-electron chi connectivity index (χ2n) is 4.53. The van der Waals surface area contributed by atoms with Gasteiger partial charge in [0.15, 0.2) is 0 Å². The summed E-state index contributed by atoms with van der Waals surface area (Å²) < 4.78 is 27.5. The van der Waals surface area contributed by atoms with Crippen LogP contribution in [0.3, 0.4) is 0 Å². The number of anilines is 1. The predicted octanol–water partition coefficient (Wildman–Crippen LogP) is 2.59. The van der Waals surface area contributed by atoms with Crippen molar-refractivity contribution in [2.45, 2.75) is 37.1 Å². The van der Waals surface area contributed by atoms with E-state index in [0.29, 0.717) is 12.2 Å². The van der Waals surface area contributed by atoms with Crippen LogP contribution in [0.4, 0.5) is 5.69 Å². The largest absolute Gasteiger partial charge is 0.398 e. The van der Waals surface area contributed by atoms with Crippen molar-refractivity contribution in [1.82, 2.24) is 4.31 Å². The van der Waals surface area contributed by atoms with Gasteiger partial charge in [-0.3, -0.25) is 0 Å². The molecule has 0 unspecified atom stereocenters. The lowest BCUT2D eigenvalue weighted by molar-refractivity contribution is 0.403. The third kappa shape index (κ3) is 2.70. The van der Waals surface area contributed by atoms with Crippen LogP contribution in [-0.2, 0) is 10.0 Å². The molecular weight excluding hydrogens is 316 g/mol. The van der Waals surface area contributed by atoms with Gasteiger partial charge in [0.1, 0.15) is 4.90 Å². The number of rotatable bonds is 5. The molecule has 0 radical (unpaired) electrons. The maximum absolute atomic E-state index is 12.6. The number of halogens is 1. The summed E-state index contributed by atoms with van der Waals surface area (Å²) in [5, 5.41) is 0. The van der Waals surface area contributed by atoms with Gasteiger partial charge in [-0.1, -0.05) is 22.9 Å². The molecule has 1 aliphatic rings. The molecule has 6 heteroatoms. The Morgan fingerprint density at radius 3 is 2.61 bits per heavy atom. The Balaban J connectivity index is 2.39. The number of nitrogen functional groups attached to an aromatic ring is 1. The molecule has 0 heterocycles. The average molecular weight is 333 g/mol. The number of hydrogen-bond acceptors (Lipinski definition) is 3. The van der Waals surface area contributed by atoms with Gasteiger partial charge >= 0.3 is 0 Å². The fourth-order valence-corrected chi connectivity index (χ4v) is 4.22. The molecule has 2 rings (SSSR count). The standard InChI is InChI=1S/C12H17BrN2O2S/c1-2-7-15(10-4-5-10)18(16,17)12-6-3-9(13)8-11(12)14/h3,6,8,10H,2,4-5,7,14H2,1H3. The summed E-state index contributed by atoms with van der Waals surface area (Å²) >= 11 is 3.28. The van der Waals surface area contributed by atoms with E-state index in [0.717, 1.165) is 23.7 Å². The Labute approximate surface area is 116 Å². The Kier molecular flexibility index (Phi) is 3.99. The van der Waals surface area contributed by atoms with Gasteiger partial charge in [-0.15, -0.1) is 0 Å². The van der Waals surface area contributed by atoms with Crippen LogP contribution >= 0.6 is 15.9 Å². The van der Waals surface area contributed by atoms with E-state index in [1.54, 1.807) is 22.5 Å². The summed E-state index contributed by atoms with van der Waals surface area (Å²) in [5.41, 5.74) is 6.12. The highest BCUT2D eigenvalue weighted by Gasteiger charge is 2.38. The van der Waals surface area contributed by atoms with Crippen LogP contribution in [0.15, 0.2) is 27.6 Å². The summed E-state index contributed by atoms with van der Waals surface area (Å²) in [6.45, 7) is 2.54. The zero-order chi connectivity index (χ0) is 13.3. The third-order valence-corrected chi connectivity index (χ3v) is 5.48. The molecule has 0 amide bonds. The van der Waals surface area contributed by atoms with E-state index in [9.17, 15) is 8.42 Å². The molecule has 1 aromatic carbocycles. The van der Waals surface area contributed by atoms with Gasteiger partial charge in [0.05, 0.1) is 5.69 Å². The van der Waals surface area contributed by atoms with E-state index in [1.165, 1.54) is 0 Å². The maximum atomic E-state index is 12.6. The van der Waals surface area contributed by atoms with Gasteiger partial charge in [0, 0.05) is 17.1 Å². The van der Waals surface area contributed by atoms with Crippen LogP contribution in [-0.4, -0.2) is 25.3 Å². The highest BCUT2D eigenvalue weighted by Crippen LogP contribution is 2.34. The molecule has 0 saturated heterocycles. The highest BCUT2D eigenvalue weighted by atomic mass is 79.9. The summed E-state index contributed by atoms with van der Waals surface area (Å²) in [4.78, 5) is 0.214. The summed E-state index contributed by atoms with van der Waals surface area (Å²) in [5.74, 6) is 0. The minimum atomic E-state index is -3.46. The van der Waals surface area contributed by atoms with Gasteiger partial charge in [0.25, 0.3) is 0 Å². The van der Waals surface area contributed by atoms with Crippen molar-refractivity contribution in [1.29, 1.82) is 0 Å². The maximum Gasteiger partial charge on any atom is 0.245 e. The molecule has 1 aliphatic carbocycles. The average Bonchev–Trinajstić information content (AvgIpc) is 3.08. The molecule has 1 fully saturated rings. The minimum Gasteiger partial charge on any atom is -0.398 e. The molecule has 1 aromatic rings. The molecule has 18 heavy (non-hydrogen) atoms. The van der Waals surface area contributed by atoms with Gasteiger partial charge in [-0.05, 0) is 37.5 Å². The van der Waals surface area contributed by atoms with E-state index in [2.05, 4.69) is 15.9 Å². The molecule has 1 saturated carbocycles. The number of nitrogens with two attached hydrogens (primary N) is 1. The molecule has 0 aromatic heterocycles. The van der Waals surface area contributed by atoms with E-state index >= 15 is 0 Å². The van der Waals surface area contributed by atoms with Crippen molar-refractivity contribution in [3.63, 3.8) is 0 Å². The molecule has 0 aliphatic heterocycles. The first-order chi connectivity index (χ1) is 8.46. The fraction of sp³-hybridized carbons (Fsp3) is 0.500. The molecule has 100 valence electrons. The van der Waals surface area contributed by atoms with Gasteiger partial charge in [-0.2, -0.15) is 4.31 Å². The van der Waals surface area contributed by atoms with Crippen LogP contribution in [0.25, 0.3) is 0 Å². The molecule has 0 bridgehead atoms. The van der Waals surface area contributed by atoms with Crippen molar-refractivity contribution >= 4 is 31.6 Å². The SMILES string of the molecule is CCCN(C1CC1)S(=O)(=O)c1ccc(Br)cc1N. The smallest absolute Gasteiger partial charge is 0.245 e. The number of sulfonamides is 1. The zero-order valence-corrected chi connectivity index (χ0v) is 12.7. The first-order valence-electron chi connectivity index (χ1n) is 6.03. The van der Waals surface area contributed by atoms with Crippen molar-refractivity contribution < 1.29 is 8.42 Å². The van der Waals surface area contributed by atoms with Gasteiger partial charge < -0.3 is 5.73 Å². The topological polar surface area (TPSA) is 63.4 Å². The first kappa shape index (κ1) is 13.8. The number of hydrogen-bond donors (Lipinski definition) is 1. The lowest BCUT2D eigenvalue weighted by Gasteiger charge is -2.22. The molecule has 4 nitrogen and oxygen atoms in total. The van der Waals surface area contributed by atoms with Crippen LogP contribution in [0.1, 0.15) is 26.2 Å². The van der Waals surface area contributed by atoms with E-state index in [4.69, 9.17) is 5.73 Å². The molecular formula is C12H17BrN2O2S. The van der Waals surface area contributed by atoms with Crippen molar-refractivity contribution in [2.75, 3.05) is 12.3 Å². The van der Waals surface area contributed by atoms with Crippen molar-refractivity contribution in [2.24, 2.45) is 0 Å². The van der Waals surface area contributed by atoms with Crippen LogP contribution in [0.5, 0.6) is 0 Å². The Morgan fingerprint density at radius 1 is 1.44 bits per heavy atom. The molecule has 2 N–H and O–H groups in total. The summed E-state index contributed by atoms with van der Waals surface area (Å²) in [6.07, 6.45) is 2.72. The number of benzene rings is 1. The second kappa shape index (κ2) is 5.19. The van der Waals surface area contributed by atoms with E-state index < -0.39 is 10.0 Å². The van der Waals surface area contributed by atoms with Crippen LogP contribution in [0, 0.1) is 0 Å². The summed E-state index contributed by atoms with van der Waals surface area (Å²) in [7, 11) is -3.46. The molecule has 0 spiro atoms. The Bertz CT molecular complexity index is 541. The second-order valence-corrected chi connectivity index (χ2v) is 7.30. The normalized spacial score (nSPS) is 16.2. The van der Waals surface area contributed by atoms with Crippen LogP contribution < -0.4 is 5.73 Å². The van der Waals surface area contributed by atoms with Crippen LogP contribution in [0.2, 0.25) is 0 Å². The minimum absolute atomic E-state index is 0.165. The monoisotopic (exact) mass is 332 g/mol. The van der Waals surface area contributed by atoms with Gasteiger partial charge in [0.2, 0.25) is 10.0 Å². The Morgan fingerprint density at radius 2 is 2.11 bits per heavy atom. The predicted molar refractivity (Wildman–Crippen MR) is 75.8 cm³/mol. The van der Waals surface area contributed by atoms with Gasteiger partial charge in [-0.25, -0.2) is 8.42 Å². The molecule has 0 atom stereocenters. The van der Waals surface area contributed by atoms with Crippen molar-refractivity contribution in [3.05, 3.63) is 22.7 Å². The highest BCUT2D eigenvalue weighted by molar-refractivity contribution is 9.10. The fourth-order valence-electron chi connectivity index (χ4n) is 1.96. The van der Waals surface area contributed by atoms with E-state index in [1.807, 2.05) is 6.92 Å². The number of nitrogens with zero attached hydrogens (tertiary/aromatic N) is 1. The first-order valence-corrected chi connectivity index (χ1v) is 8.27.